The maximum Gasteiger partial charge on any atom is 0.248 e. The Hall–Kier alpha value is -1.20. The summed E-state index contributed by atoms with van der Waals surface area (Å²) >= 11 is 0. The van der Waals surface area contributed by atoms with Crippen molar-refractivity contribution in [1.82, 2.24) is 19.7 Å². The average Bonchev–Trinajstić information content (AvgIpc) is 2.81. The van der Waals surface area contributed by atoms with E-state index in [1.54, 1.807) is 18.7 Å². The van der Waals surface area contributed by atoms with Crippen LogP contribution in [0, 0.1) is 13.8 Å². The summed E-state index contributed by atoms with van der Waals surface area (Å²) in [5, 5.41) is 6.94. The number of ether oxygens (including phenoxy) is 1. The molecule has 27 heavy (non-hydrogen) atoms. The molecule has 2 saturated heterocycles. The number of nitrogens with zero attached hydrogens (tertiary/aromatic N) is 3. The van der Waals surface area contributed by atoms with Gasteiger partial charge in [-0.3, -0.25) is 4.79 Å². The van der Waals surface area contributed by atoms with Crippen LogP contribution in [0.4, 0.5) is 0 Å². The SMILES string of the molecule is Cc1noc(C)c1S(=O)(=O)N1CCCN(C(=O)[C@H]2NCCO[C@@H]2C)CC1.Cl. The number of carbonyl (C=O) groups is 1. The fourth-order valence-electron chi connectivity index (χ4n) is 3.53. The minimum Gasteiger partial charge on any atom is -0.375 e. The number of sulfonamides is 1. The molecule has 2 atom stereocenters. The summed E-state index contributed by atoms with van der Waals surface area (Å²) in [6, 6.07) is -0.380. The van der Waals surface area contributed by atoms with E-state index in [0.29, 0.717) is 44.9 Å². The summed E-state index contributed by atoms with van der Waals surface area (Å²) in [4.78, 5) is 14.7. The Bertz CT molecular complexity index is 749. The van der Waals surface area contributed by atoms with Gasteiger partial charge in [-0.1, -0.05) is 5.16 Å². The zero-order valence-electron chi connectivity index (χ0n) is 15.8. The lowest BCUT2D eigenvalue weighted by Gasteiger charge is -2.33. The molecule has 0 unspecified atom stereocenters. The van der Waals surface area contributed by atoms with E-state index in [0.717, 1.165) is 0 Å². The van der Waals surface area contributed by atoms with Crippen molar-refractivity contribution in [3.05, 3.63) is 11.5 Å². The Morgan fingerprint density at radius 2 is 1.96 bits per heavy atom. The van der Waals surface area contributed by atoms with Gasteiger partial charge in [-0.2, -0.15) is 4.31 Å². The zero-order valence-corrected chi connectivity index (χ0v) is 17.4. The molecular formula is C16H27ClN4O5S. The summed E-state index contributed by atoms with van der Waals surface area (Å²) in [5.41, 5.74) is 0.358. The van der Waals surface area contributed by atoms with Gasteiger partial charge in [0.05, 0.1) is 12.7 Å². The molecule has 0 saturated carbocycles. The third kappa shape index (κ3) is 4.45. The molecule has 11 heteroatoms. The summed E-state index contributed by atoms with van der Waals surface area (Å²) < 4.78 is 37.9. The predicted octanol–water partition coefficient (Wildman–Crippen LogP) is 0.313. The number of nitrogens with one attached hydrogen (secondary N) is 1. The third-order valence-electron chi connectivity index (χ3n) is 4.91. The van der Waals surface area contributed by atoms with Gasteiger partial charge >= 0.3 is 0 Å². The van der Waals surface area contributed by atoms with Crippen molar-refractivity contribution in [3.63, 3.8) is 0 Å². The Labute approximate surface area is 165 Å². The fourth-order valence-corrected chi connectivity index (χ4v) is 5.29. The van der Waals surface area contributed by atoms with Crippen LogP contribution in [-0.2, 0) is 19.6 Å². The van der Waals surface area contributed by atoms with Crippen molar-refractivity contribution >= 4 is 28.3 Å². The zero-order chi connectivity index (χ0) is 18.9. The molecule has 2 aliphatic heterocycles. The third-order valence-corrected chi connectivity index (χ3v) is 7.06. The molecule has 2 aliphatic rings. The number of rotatable bonds is 3. The number of aryl methyl sites for hydroxylation is 2. The topological polar surface area (TPSA) is 105 Å². The highest BCUT2D eigenvalue weighted by molar-refractivity contribution is 7.89. The molecule has 0 aliphatic carbocycles. The van der Waals surface area contributed by atoms with Gasteiger partial charge in [0.15, 0.2) is 5.76 Å². The summed E-state index contributed by atoms with van der Waals surface area (Å²) in [7, 11) is -3.69. The number of carbonyl (C=O) groups excluding carboxylic acids is 1. The maximum absolute atomic E-state index is 13.0. The molecule has 9 nitrogen and oxygen atoms in total. The molecule has 1 aromatic heterocycles. The van der Waals surface area contributed by atoms with Gasteiger partial charge in [0, 0.05) is 32.7 Å². The Balaban J connectivity index is 0.00000261. The lowest BCUT2D eigenvalue weighted by Crippen LogP contribution is -2.56. The van der Waals surface area contributed by atoms with Crippen LogP contribution in [0.2, 0.25) is 0 Å². The van der Waals surface area contributed by atoms with Crippen molar-refractivity contribution in [2.45, 2.75) is 44.2 Å². The quantitative estimate of drug-likeness (QED) is 0.747. The molecule has 3 heterocycles. The first-order valence-corrected chi connectivity index (χ1v) is 10.3. The number of hydrogen-bond acceptors (Lipinski definition) is 7. The molecule has 1 aromatic rings. The van der Waals surface area contributed by atoms with Gasteiger partial charge in [-0.05, 0) is 27.2 Å². The van der Waals surface area contributed by atoms with E-state index in [1.165, 1.54) is 4.31 Å². The van der Waals surface area contributed by atoms with Gasteiger partial charge in [-0.15, -0.1) is 12.4 Å². The number of hydrogen-bond donors (Lipinski definition) is 1. The van der Waals surface area contributed by atoms with E-state index in [-0.39, 0.29) is 47.7 Å². The first-order valence-electron chi connectivity index (χ1n) is 8.89. The van der Waals surface area contributed by atoms with Crippen LogP contribution >= 0.6 is 12.4 Å². The van der Waals surface area contributed by atoms with Crippen molar-refractivity contribution in [3.8, 4) is 0 Å². The van der Waals surface area contributed by atoms with Crippen LogP contribution in [-0.4, -0.2) is 80.2 Å². The van der Waals surface area contributed by atoms with Crippen LogP contribution in [0.15, 0.2) is 9.42 Å². The van der Waals surface area contributed by atoms with Crippen LogP contribution in [0.5, 0.6) is 0 Å². The van der Waals surface area contributed by atoms with E-state index >= 15 is 0 Å². The summed E-state index contributed by atoms with van der Waals surface area (Å²) in [6.07, 6.45) is 0.387. The molecule has 1 N–H and O–H groups in total. The lowest BCUT2D eigenvalue weighted by molar-refractivity contribution is -0.139. The summed E-state index contributed by atoms with van der Waals surface area (Å²) in [6.45, 7) is 7.81. The molecular weight excluding hydrogens is 396 g/mol. The van der Waals surface area contributed by atoms with E-state index < -0.39 is 10.0 Å². The van der Waals surface area contributed by atoms with Crippen molar-refractivity contribution in [1.29, 1.82) is 0 Å². The Kier molecular flexibility index (Phi) is 7.26. The average molecular weight is 423 g/mol. The Morgan fingerprint density at radius 3 is 2.59 bits per heavy atom. The van der Waals surface area contributed by atoms with Crippen LogP contribution in [0.25, 0.3) is 0 Å². The number of amides is 1. The Morgan fingerprint density at radius 1 is 1.22 bits per heavy atom. The molecule has 0 radical (unpaired) electrons. The molecule has 2 fully saturated rings. The monoisotopic (exact) mass is 422 g/mol. The van der Waals surface area contributed by atoms with Gasteiger partial charge in [-0.25, -0.2) is 8.42 Å². The smallest absolute Gasteiger partial charge is 0.248 e. The number of morpholine rings is 1. The van der Waals surface area contributed by atoms with Gasteiger partial charge in [0.25, 0.3) is 0 Å². The number of aromatic nitrogens is 1. The number of halogens is 1. The normalized spacial score (nSPS) is 24.9. The predicted molar refractivity (Wildman–Crippen MR) is 100 cm³/mol. The molecule has 1 amide bonds. The minimum absolute atomic E-state index is 0. The first kappa shape index (κ1) is 22.1. The lowest BCUT2D eigenvalue weighted by atomic mass is 10.1. The molecule has 0 spiro atoms. The molecule has 154 valence electrons. The largest absolute Gasteiger partial charge is 0.375 e. The highest BCUT2D eigenvalue weighted by Gasteiger charge is 2.36. The van der Waals surface area contributed by atoms with Gasteiger partial charge < -0.3 is 19.5 Å². The second-order valence-corrected chi connectivity index (χ2v) is 8.62. The summed E-state index contributed by atoms with van der Waals surface area (Å²) in [5.74, 6) is 0.255. The highest BCUT2D eigenvalue weighted by atomic mass is 35.5. The fraction of sp³-hybridized carbons (Fsp3) is 0.750. The van der Waals surface area contributed by atoms with E-state index in [2.05, 4.69) is 10.5 Å². The molecule has 0 bridgehead atoms. The maximum atomic E-state index is 13.0. The highest BCUT2D eigenvalue weighted by Crippen LogP contribution is 2.24. The van der Waals surface area contributed by atoms with E-state index in [9.17, 15) is 13.2 Å². The standard InChI is InChI=1S/C16H26N4O5S.ClH/c1-11-15(13(3)25-18-11)26(22,23)20-7-4-6-19(8-9-20)16(21)14-12(2)24-10-5-17-14;/h12,14,17H,4-10H2,1-3H3;1H/t12-,14+;/m1./s1. The van der Waals surface area contributed by atoms with Crippen LogP contribution in [0.3, 0.4) is 0 Å². The van der Waals surface area contributed by atoms with Crippen LogP contribution < -0.4 is 5.32 Å². The van der Waals surface area contributed by atoms with Crippen molar-refractivity contribution in [2.75, 3.05) is 39.3 Å². The van der Waals surface area contributed by atoms with Gasteiger partial charge in [0.2, 0.25) is 15.9 Å². The van der Waals surface area contributed by atoms with E-state index in [4.69, 9.17) is 9.26 Å². The second kappa shape index (κ2) is 8.87. The first-order chi connectivity index (χ1) is 12.3. The van der Waals surface area contributed by atoms with E-state index in [1.807, 2.05) is 6.92 Å². The van der Waals surface area contributed by atoms with Crippen LogP contribution in [0.1, 0.15) is 24.8 Å². The van der Waals surface area contributed by atoms with Crippen molar-refractivity contribution < 1.29 is 22.5 Å². The molecule has 0 aromatic carbocycles. The second-order valence-electron chi connectivity index (χ2n) is 6.74. The van der Waals surface area contributed by atoms with Gasteiger partial charge in [0.1, 0.15) is 16.6 Å². The minimum atomic E-state index is -3.69. The molecule has 3 rings (SSSR count). The van der Waals surface area contributed by atoms with Crippen molar-refractivity contribution in [2.24, 2.45) is 0 Å².